The second-order valence-electron chi connectivity index (χ2n) is 8.45. The van der Waals surface area contributed by atoms with Crippen molar-refractivity contribution in [1.82, 2.24) is 24.6 Å². The van der Waals surface area contributed by atoms with Crippen LogP contribution in [0.15, 0.2) is 36.5 Å². The molecule has 3 heterocycles. The minimum absolute atomic E-state index is 0.262. The molecule has 0 aliphatic heterocycles. The van der Waals surface area contributed by atoms with Crippen LogP contribution in [0, 0.1) is 0 Å². The highest BCUT2D eigenvalue weighted by atomic mass is 16.5. The quantitative estimate of drug-likeness (QED) is 0.537. The van der Waals surface area contributed by atoms with E-state index in [-0.39, 0.29) is 5.92 Å². The maximum atomic E-state index is 10.1. The van der Waals surface area contributed by atoms with E-state index in [0.717, 1.165) is 46.6 Å². The molecule has 1 fully saturated rings. The molecule has 8 nitrogen and oxygen atoms in total. The van der Waals surface area contributed by atoms with Crippen molar-refractivity contribution >= 4 is 22.5 Å². The third-order valence-electron chi connectivity index (χ3n) is 5.94. The van der Waals surface area contributed by atoms with Gasteiger partial charge < -0.3 is 15.6 Å². The third kappa shape index (κ3) is 3.04. The summed E-state index contributed by atoms with van der Waals surface area (Å²) in [5.41, 5.74) is 8.56. The molecule has 0 radical (unpaired) electrons. The smallest absolute Gasteiger partial charge is 0.223 e. The van der Waals surface area contributed by atoms with Crippen LogP contribution in [0.3, 0.4) is 0 Å². The number of nitrogen functional groups attached to an aromatic ring is 1. The lowest BCUT2D eigenvalue weighted by molar-refractivity contribution is 0.0781. The summed E-state index contributed by atoms with van der Waals surface area (Å²) >= 11 is 0. The first-order valence-corrected chi connectivity index (χ1v) is 10.0. The number of nitrogens with zero attached hydrogens (tertiary/aromatic N) is 5. The fraction of sp³-hybridized carbons (Fsp3) is 0.364. The molecule has 1 aliphatic rings. The normalized spacial score (nSPS) is 19.2. The van der Waals surface area contributed by atoms with E-state index in [9.17, 15) is 5.11 Å². The predicted molar refractivity (Wildman–Crippen MR) is 113 cm³/mol. The van der Waals surface area contributed by atoms with Gasteiger partial charge in [0.05, 0.1) is 18.2 Å². The van der Waals surface area contributed by atoms with Gasteiger partial charge in [-0.3, -0.25) is 4.98 Å². The summed E-state index contributed by atoms with van der Waals surface area (Å²) in [5, 5.41) is 15.6. The standard InChI is InChI=1S/C22H24N6O2/c1-22(2,29)14-4-7-17(24-11-14)12-8-13(9-12)19-26-20-16-6-5-15(30-3)10-18(16)25-21(23)28(20)27-19/h4-7,10-13,29H,8-9H2,1-3H3,(H2,23,25)/t12-,13+. The lowest BCUT2D eigenvalue weighted by Crippen LogP contribution is -2.23. The van der Waals surface area contributed by atoms with Crippen molar-refractivity contribution in [2.75, 3.05) is 12.8 Å². The number of hydrogen-bond acceptors (Lipinski definition) is 7. The van der Waals surface area contributed by atoms with Crippen molar-refractivity contribution in [3.63, 3.8) is 0 Å². The van der Waals surface area contributed by atoms with E-state index in [1.165, 1.54) is 0 Å². The van der Waals surface area contributed by atoms with Gasteiger partial charge in [0.1, 0.15) is 5.75 Å². The van der Waals surface area contributed by atoms with Crippen molar-refractivity contribution in [2.45, 2.75) is 44.1 Å². The number of anilines is 1. The summed E-state index contributed by atoms with van der Waals surface area (Å²) in [5.74, 6) is 2.45. The lowest BCUT2D eigenvalue weighted by atomic mass is 9.72. The lowest BCUT2D eigenvalue weighted by Gasteiger charge is -2.33. The Kier molecular flexibility index (Phi) is 4.14. The van der Waals surface area contributed by atoms with Gasteiger partial charge >= 0.3 is 0 Å². The molecule has 5 rings (SSSR count). The number of hydrogen-bond donors (Lipinski definition) is 2. The van der Waals surface area contributed by atoms with E-state index in [0.29, 0.717) is 17.5 Å². The minimum atomic E-state index is -0.880. The molecule has 3 N–H and O–H groups in total. The fourth-order valence-electron chi connectivity index (χ4n) is 4.00. The van der Waals surface area contributed by atoms with Crippen LogP contribution < -0.4 is 10.5 Å². The van der Waals surface area contributed by atoms with E-state index in [2.05, 4.69) is 15.1 Å². The van der Waals surface area contributed by atoms with Crippen LogP contribution >= 0.6 is 0 Å². The van der Waals surface area contributed by atoms with E-state index < -0.39 is 5.60 Å². The van der Waals surface area contributed by atoms with E-state index >= 15 is 0 Å². The Hall–Kier alpha value is -3.26. The minimum Gasteiger partial charge on any atom is -0.497 e. The summed E-state index contributed by atoms with van der Waals surface area (Å²) < 4.78 is 6.90. The Morgan fingerprint density at radius 3 is 2.60 bits per heavy atom. The van der Waals surface area contributed by atoms with Crippen LogP contribution in [0.5, 0.6) is 5.75 Å². The Morgan fingerprint density at radius 2 is 1.93 bits per heavy atom. The first-order chi connectivity index (χ1) is 14.3. The number of benzene rings is 1. The van der Waals surface area contributed by atoms with Crippen LogP contribution in [0.1, 0.15) is 55.6 Å². The number of nitrogens with two attached hydrogens (primary N) is 1. The number of fused-ring (bicyclic) bond motifs is 3. The molecule has 0 spiro atoms. The Bertz CT molecular complexity index is 1240. The Morgan fingerprint density at radius 1 is 1.13 bits per heavy atom. The molecule has 0 bridgehead atoms. The number of ether oxygens (including phenoxy) is 1. The van der Waals surface area contributed by atoms with Gasteiger partial charge in [0.15, 0.2) is 11.5 Å². The van der Waals surface area contributed by atoms with Crippen LogP contribution in [-0.4, -0.2) is 36.8 Å². The van der Waals surface area contributed by atoms with Crippen molar-refractivity contribution in [3.05, 3.63) is 53.6 Å². The van der Waals surface area contributed by atoms with Crippen LogP contribution in [0.2, 0.25) is 0 Å². The molecule has 4 aromatic rings. The van der Waals surface area contributed by atoms with Crippen molar-refractivity contribution in [1.29, 1.82) is 0 Å². The number of aromatic nitrogens is 5. The number of rotatable bonds is 4. The summed E-state index contributed by atoms with van der Waals surface area (Å²) in [6.07, 6.45) is 3.63. The second-order valence-corrected chi connectivity index (χ2v) is 8.45. The van der Waals surface area contributed by atoms with Crippen molar-refractivity contribution in [2.24, 2.45) is 0 Å². The maximum absolute atomic E-state index is 10.1. The average molecular weight is 404 g/mol. The van der Waals surface area contributed by atoms with Crippen molar-refractivity contribution < 1.29 is 9.84 Å². The molecular formula is C22H24N6O2. The molecule has 0 unspecified atom stereocenters. The highest BCUT2D eigenvalue weighted by Gasteiger charge is 2.35. The zero-order chi connectivity index (χ0) is 21.0. The summed E-state index contributed by atoms with van der Waals surface area (Å²) in [7, 11) is 1.62. The fourth-order valence-corrected chi connectivity index (χ4v) is 4.00. The predicted octanol–water partition coefficient (Wildman–Crippen LogP) is 3.15. The molecule has 30 heavy (non-hydrogen) atoms. The summed E-state index contributed by atoms with van der Waals surface area (Å²) in [6.45, 7) is 3.52. The van der Waals surface area contributed by atoms with Gasteiger partial charge in [-0.1, -0.05) is 6.07 Å². The molecule has 154 valence electrons. The maximum Gasteiger partial charge on any atom is 0.223 e. The van der Waals surface area contributed by atoms with Gasteiger partial charge in [0.25, 0.3) is 0 Å². The first-order valence-electron chi connectivity index (χ1n) is 10.0. The van der Waals surface area contributed by atoms with Gasteiger partial charge in [-0.25, -0.2) is 9.97 Å². The van der Waals surface area contributed by atoms with Crippen LogP contribution in [0.25, 0.3) is 16.6 Å². The highest BCUT2D eigenvalue weighted by Crippen LogP contribution is 2.46. The second kappa shape index (κ2) is 6.63. The van der Waals surface area contributed by atoms with Crippen LogP contribution in [-0.2, 0) is 5.60 Å². The number of aliphatic hydroxyl groups is 1. The molecule has 0 saturated heterocycles. The van der Waals surface area contributed by atoms with Gasteiger partial charge in [-0.2, -0.15) is 4.52 Å². The van der Waals surface area contributed by atoms with Gasteiger partial charge in [-0.15, -0.1) is 5.10 Å². The van der Waals surface area contributed by atoms with Crippen LogP contribution in [0.4, 0.5) is 5.95 Å². The zero-order valence-electron chi connectivity index (χ0n) is 17.2. The van der Waals surface area contributed by atoms with E-state index in [4.69, 9.17) is 15.5 Å². The molecule has 3 aromatic heterocycles. The van der Waals surface area contributed by atoms with E-state index in [1.807, 2.05) is 30.3 Å². The van der Waals surface area contributed by atoms with Gasteiger partial charge in [0, 0.05) is 40.7 Å². The molecule has 1 aliphatic carbocycles. The molecular weight excluding hydrogens is 380 g/mol. The first kappa shape index (κ1) is 18.7. The Labute approximate surface area is 173 Å². The molecule has 0 amide bonds. The Balaban J connectivity index is 1.40. The topological polar surface area (TPSA) is 111 Å². The monoisotopic (exact) mass is 404 g/mol. The zero-order valence-corrected chi connectivity index (χ0v) is 17.2. The van der Waals surface area contributed by atoms with Crippen molar-refractivity contribution in [3.8, 4) is 5.75 Å². The van der Waals surface area contributed by atoms with Gasteiger partial charge in [0.2, 0.25) is 5.95 Å². The summed E-state index contributed by atoms with van der Waals surface area (Å²) in [6, 6.07) is 9.63. The molecule has 1 saturated carbocycles. The third-order valence-corrected chi connectivity index (χ3v) is 5.94. The average Bonchev–Trinajstić information content (AvgIpc) is 3.12. The number of methoxy groups -OCH3 is 1. The highest BCUT2D eigenvalue weighted by molar-refractivity contribution is 5.93. The largest absolute Gasteiger partial charge is 0.497 e. The SMILES string of the molecule is COc1ccc2c(c1)nc(N)n1nc([C@H]3C[C@@H](c4ccc(C(C)(C)O)cn4)C3)nc21. The molecule has 8 heteroatoms. The molecule has 0 atom stereocenters. The van der Waals surface area contributed by atoms with E-state index in [1.54, 1.807) is 31.7 Å². The summed E-state index contributed by atoms with van der Waals surface area (Å²) in [4.78, 5) is 13.8. The van der Waals surface area contributed by atoms with Gasteiger partial charge in [-0.05, 0) is 44.9 Å². The molecule has 1 aromatic carbocycles. The number of pyridine rings is 1.